The number of hydrogen-bond donors (Lipinski definition) is 1. The van der Waals surface area contributed by atoms with Crippen molar-refractivity contribution < 1.29 is 18.8 Å². The van der Waals surface area contributed by atoms with Crippen molar-refractivity contribution in [1.29, 1.82) is 0 Å². The molecule has 7 nitrogen and oxygen atoms in total. The van der Waals surface area contributed by atoms with E-state index >= 15 is 0 Å². The predicted molar refractivity (Wildman–Crippen MR) is 124 cm³/mol. The zero-order valence-corrected chi connectivity index (χ0v) is 18.5. The van der Waals surface area contributed by atoms with Gasteiger partial charge < -0.3 is 18.8 Å². The molecule has 1 atom stereocenters. The van der Waals surface area contributed by atoms with Gasteiger partial charge in [0.15, 0.2) is 11.5 Å². The van der Waals surface area contributed by atoms with Gasteiger partial charge in [0.1, 0.15) is 5.75 Å². The zero-order valence-electron chi connectivity index (χ0n) is 17.6. The molecule has 1 spiro atoms. The number of aromatic nitrogens is 3. The Morgan fingerprint density at radius 1 is 1.22 bits per heavy atom. The number of fused-ring (bicyclic) bond motifs is 1. The van der Waals surface area contributed by atoms with Crippen LogP contribution in [0.5, 0.6) is 5.75 Å². The standard InChI is InChI=1S/C23H27N3O4S.Na.H/c1-16-20(15-31(27)22-25-18-5-2-3-6-19(18)26-22)24-11-7-21(16)28-12-8-17-13-29-23(30-14-17)9-4-10-23;;/h2-3,5-7,11,17H,4,8-10,12-15H2,1H3,(H,25,26);;. The molecular weight excluding hydrogens is 437 g/mol. The van der Waals surface area contributed by atoms with Crippen LogP contribution in [-0.2, 0) is 26.4 Å². The number of aromatic amines is 1. The van der Waals surface area contributed by atoms with Crippen LogP contribution in [0, 0.1) is 12.8 Å². The molecule has 2 aliphatic rings. The molecule has 1 aliphatic carbocycles. The Bertz CT molecular complexity index is 1020. The summed E-state index contributed by atoms with van der Waals surface area (Å²) in [6.07, 6.45) is 5.81. The molecule has 0 radical (unpaired) electrons. The molecule has 32 heavy (non-hydrogen) atoms. The van der Waals surface area contributed by atoms with Crippen LogP contribution in [0.2, 0.25) is 0 Å². The molecule has 9 heteroatoms. The van der Waals surface area contributed by atoms with Crippen molar-refractivity contribution in [3.8, 4) is 5.75 Å². The summed E-state index contributed by atoms with van der Waals surface area (Å²) in [6, 6.07) is 9.53. The van der Waals surface area contributed by atoms with Crippen molar-refractivity contribution in [2.75, 3.05) is 19.8 Å². The van der Waals surface area contributed by atoms with Gasteiger partial charge >= 0.3 is 34.7 Å². The van der Waals surface area contributed by atoms with Gasteiger partial charge in [0.05, 0.1) is 36.5 Å². The zero-order chi connectivity index (χ0) is 21.3. The molecule has 2 fully saturated rings. The number of ether oxygens (including phenoxy) is 3. The second kappa shape index (κ2) is 10.4. The molecule has 1 aromatic carbocycles. The monoisotopic (exact) mass is 465 g/mol. The number of rotatable bonds is 7. The first-order valence-corrected chi connectivity index (χ1v) is 12.1. The number of hydrogen-bond acceptors (Lipinski definition) is 6. The van der Waals surface area contributed by atoms with Gasteiger partial charge in [-0.3, -0.25) is 9.97 Å². The summed E-state index contributed by atoms with van der Waals surface area (Å²) in [5.41, 5.74) is 3.36. The van der Waals surface area contributed by atoms with Crippen LogP contribution in [0.25, 0.3) is 11.0 Å². The summed E-state index contributed by atoms with van der Waals surface area (Å²) in [4.78, 5) is 12.0. The molecule has 5 rings (SSSR count). The molecule has 2 aromatic heterocycles. The van der Waals surface area contributed by atoms with Crippen molar-refractivity contribution in [1.82, 2.24) is 15.0 Å². The normalized spacial score (nSPS) is 18.8. The van der Waals surface area contributed by atoms with Gasteiger partial charge in [-0.15, -0.1) is 0 Å². The fourth-order valence-corrected chi connectivity index (χ4v) is 5.08. The fourth-order valence-electron chi connectivity index (χ4n) is 3.98. The van der Waals surface area contributed by atoms with Crippen LogP contribution in [0.1, 0.15) is 36.9 Å². The van der Waals surface area contributed by atoms with Gasteiger partial charge in [-0.1, -0.05) is 12.1 Å². The minimum atomic E-state index is -1.32. The number of para-hydroxylation sites is 2. The van der Waals surface area contributed by atoms with Gasteiger partial charge in [-0.25, -0.2) is 0 Å². The van der Waals surface area contributed by atoms with Crippen LogP contribution in [0.3, 0.4) is 0 Å². The Balaban J connectivity index is 0.00000245. The maximum absolute atomic E-state index is 12.9. The summed E-state index contributed by atoms with van der Waals surface area (Å²) < 4.78 is 30.8. The summed E-state index contributed by atoms with van der Waals surface area (Å²) >= 11 is -1.32. The number of pyridine rings is 1. The van der Waals surface area contributed by atoms with Crippen LogP contribution < -0.4 is 4.74 Å². The summed E-state index contributed by atoms with van der Waals surface area (Å²) in [7, 11) is 0. The Labute approximate surface area is 213 Å². The number of nitrogens with zero attached hydrogens (tertiary/aromatic N) is 2. The molecule has 1 saturated heterocycles. The van der Waals surface area contributed by atoms with Crippen molar-refractivity contribution >= 4 is 51.8 Å². The van der Waals surface area contributed by atoms with E-state index in [4.69, 9.17) is 14.2 Å². The second-order valence-electron chi connectivity index (χ2n) is 8.32. The Hall–Kier alpha value is -1.13. The van der Waals surface area contributed by atoms with Crippen LogP contribution in [0.4, 0.5) is 0 Å². The predicted octanol–water partition coefficient (Wildman–Crippen LogP) is 3.24. The minimum absolute atomic E-state index is 0. The molecule has 0 amide bonds. The van der Waals surface area contributed by atoms with E-state index in [0.29, 0.717) is 17.7 Å². The van der Waals surface area contributed by atoms with Crippen molar-refractivity contribution in [2.45, 2.75) is 49.3 Å². The quantitative estimate of drug-likeness (QED) is 0.425. The summed E-state index contributed by atoms with van der Waals surface area (Å²) in [5.74, 6) is 1.15. The van der Waals surface area contributed by atoms with E-state index < -0.39 is 11.2 Å². The Morgan fingerprint density at radius 3 is 2.72 bits per heavy atom. The first kappa shape index (κ1) is 24.0. The van der Waals surface area contributed by atoms with E-state index in [-0.39, 0.29) is 41.1 Å². The number of H-pyrrole nitrogens is 1. The molecule has 1 aliphatic heterocycles. The number of benzene rings is 1. The first-order valence-electron chi connectivity index (χ1n) is 10.8. The van der Waals surface area contributed by atoms with E-state index in [2.05, 4.69) is 15.0 Å². The van der Waals surface area contributed by atoms with Gasteiger partial charge in [-0.05, 0) is 38.0 Å². The summed E-state index contributed by atoms with van der Waals surface area (Å²) in [6.45, 7) is 4.02. The van der Waals surface area contributed by atoms with Crippen LogP contribution in [0.15, 0.2) is 41.7 Å². The molecular formula is C23H28N3NaO4S. The first-order chi connectivity index (χ1) is 15.1. The molecule has 0 bridgehead atoms. The summed E-state index contributed by atoms with van der Waals surface area (Å²) in [5, 5.41) is 0.468. The van der Waals surface area contributed by atoms with Crippen molar-refractivity contribution in [2.24, 2.45) is 5.92 Å². The Kier molecular flexibility index (Phi) is 7.82. The average molecular weight is 466 g/mol. The molecule has 3 aromatic rings. The topological polar surface area (TPSA) is 92.3 Å². The SMILES string of the molecule is Cc1c(OCCC2COC3(CCC3)OC2)ccnc1C[S+]([O-])c1nc2ccccc2[nH]1.[NaH]. The third-order valence-corrected chi connectivity index (χ3v) is 7.33. The maximum atomic E-state index is 12.9. The molecule has 3 heterocycles. The molecule has 1 N–H and O–H groups in total. The number of nitrogens with one attached hydrogen (secondary N) is 1. The number of imidazole rings is 1. The van der Waals surface area contributed by atoms with E-state index in [1.165, 1.54) is 6.42 Å². The van der Waals surface area contributed by atoms with Crippen molar-refractivity contribution in [3.63, 3.8) is 0 Å². The van der Waals surface area contributed by atoms with Gasteiger partial charge in [0.25, 0.3) is 0 Å². The average Bonchev–Trinajstić information content (AvgIpc) is 3.20. The third kappa shape index (κ3) is 5.17. The van der Waals surface area contributed by atoms with Crippen LogP contribution in [-0.4, -0.2) is 74.7 Å². The van der Waals surface area contributed by atoms with Gasteiger partial charge in [0, 0.05) is 41.7 Å². The Morgan fingerprint density at radius 2 is 2.00 bits per heavy atom. The van der Waals surface area contributed by atoms with Crippen LogP contribution >= 0.6 is 0 Å². The molecule has 1 unspecified atom stereocenters. The van der Waals surface area contributed by atoms with Gasteiger partial charge in [-0.2, -0.15) is 4.98 Å². The van der Waals surface area contributed by atoms with Gasteiger partial charge in [0.2, 0.25) is 0 Å². The fraction of sp³-hybridized carbons (Fsp3) is 0.478. The van der Waals surface area contributed by atoms with E-state index in [1.54, 1.807) is 6.20 Å². The third-order valence-electron chi connectivity index (χ3n) is 6.17. The van der Waals surface area contributed by atoms with E-state index in [1.807, 2.05) is 37.3 Å². The van der Waals surface area contributed by atoms with Crippen molar-refractivity contribution in [3.05, 3.63) is 47.8 Å². The molecule has 1 saturated carbocycles. The van der Waals surface area contributed by atoms with E-state index in [0.717, 1.165) is 60.5 Å². The molecule has 166 valence electrons. The second-order valence-corrected chi connectivity index (χ2v) is 9.69. The van der Waals surface area contributed by atoms with E-state index in [9.17, 15) is 4.55 Å².